The minimum Gasteiger partial charge on any atom is -0.444 e. The number of aliphatic hydroxyl groups excluding tert-OH is 1. The van der Waals surface area contributed by atoms with Crippen molar-refractivity contribution in [2.75, 3.05) is 10.6 Å². The molecule has 0 saturated heterocycles. The first-order valence-electron chi connectivity index (χ1n) is 10.9. The molecule has 2 aromatic rings. The quantitative estimate of drug-likeness (QED) is 0.550. The van der Waals surface area contributed by atoms with Crippen LogP contribution in [0.4, 0.5) is 22.1 Å². The Morgan fingerprint density at radius 1 is 1.24 bits per heavy atom. The fraction of sp³-hybridized carbons (Fsp3) is 0.500. The molecule has 2 atom stereocenters. The third-order valence-electron chi connectivity index (χ3n) is 5.73. The fourth-order valence-electron chi connectivity index (χ4n) is 4.39. The van der Waals surface area contributed by atoms with Gasteiger partial charge < -0.3 is 20.5 Å². The molecule has 11 nitrogen and oxygen atoms in total. The molecular weight excluding hydrogens is 428 g/mol. The normalized spacial score (nSPS) is 22.0. The van der Waals surface area contributed by atoms with E-state index < -0.39 is 29.0 Å². The number of hydrogen-bond donors (Lipinski definition) is 4. The van der Waals surface area contributed by atoms with Gasteiger partial charge in [-0.3, -0.25) is 19.5 Å². The zero-order valence-electron chi connectivity index (χ0n) is 19.1. The van der Waals surface area contributed by atoms with Gasteiger partial charge in [-0.1, -0.05) is 6.42 Å². The van der Waals surface area contributed by atoms with E-state index >= 15 is 0 Å². The number of pyridine rings is 1. The number of hydrogen-bond acceptors (Lipinski definition) is 8. The molecule has 11 heteroatoms. The number of nitrogens with zero attached hydrogens (tertiary/aromatic N) is 3. The Kier molecular flexibility index (Phi) is 5.61. The highest BCUT2D eigenvalue weighted by Gasteiger charge is 2.50. The second-order valence-corrected chi connectivity index (χ2v) is 9.41. The van der Waals surface area contributed by atoms with Crippen LogP contribution in [-0.4, -0.2) is 43.3 Å². The van der Waals surface area contributed by atoms with Gasteiger partial charge >= 0.3 is 6.09 Å². The van der Waals surface area contributed by atoms with E-state index in [1.807, 2.05) is 0 Å². The fourth-order valence-corrected chi connectivity index (χ4v) is 4.39. The molecule has 0 aromatic carbocycles. The van der Waals surface area contributed by atoms with E-state index in [9.17, 15) is 19.5 Å². The molecule has 1 aliphatic heterocycles. The first kappa shape index (κ1) is 22.7. The van der Waals surface area contributed by atoms with Crippen molar-refractivity contribution in [2.24, 2.45) is 0 Å². The van der Waals surface area contributed by atoms with Crippen LogP contribution in [0.2, 0.25) is 0 Å². The number of aryl methyl sites for hydroxylation is 1. The van der Waals surface area contributed by atoms with Crippen LogP contribution in [0.1, 0.15) is 62.5 Å². The lowest BCUT2D eigenvalue weighted by Gasteiger charge is -2.39. The molecule has 1 aliphatic carbocycles. The van der Waals surface area contributed by atoms with Crippen molar-refractivity contribution in [2.45, 2.75) is 70.7 Å². The maximum Gasteiger partial charge on any atom is 0.413 e. The molecule has 1 saturated carbocycles. The Bertz CT molecular complexity index is 1170. The zero-order valence-corrected chi connectivity index (χ0v) is 19.1. The van der Waals surface area contributed by atoms with E-state index in [0.29, 0.717) is 18.4 Å². The lowest BCUT2D eigenvalue weighted by Crippen LogP contribution is -2.57. The molecule has 2 aliphatic rings. The molecule has 2 unspecified atom stereocenters. The highest BCUT2D eigenvalue weighted by molar-refractivity contribution is 5.97. The average Bonchev–Trinajstić information content (AvgIpc) is 3.00. The minimum atomic E-state index is -1.15. The van der Waals surface area contributed by atoms with Crippen molar-refractivity contribution in [1.82, 2.24) is 19.9 Å². The Balaban J connectivity index is 1.66. The Morgan fingerprint density at radius 3 is 2.67 bits per heavy atom. The van der Waals surface area contributed by atoms with Gasteiger partial charge in [-0.15, -0.1) is 0 Å². The van der Waals surface area contributed by atoms with Crippen LogP contribution in [0.5, 0.6) is 0 Å². The topological polar surface area (TPSA) is 147 Å². The first-order chi connectivity index (χ1) is 15.5. The minimum absolute atomic E-state index is 0.187. The van der Waals surface area contributed by atoms with E-state index in [4.69, 9.17) is 4.74 Å². The molecule has 1 fully saturated rings. The molecule has 4 rings (SSSR count). The van der Waals surface area contributed by atoms with Gasteiger partial charge in [0.15, 0.2) is 0 Å². The number of amides is 2. The lowest BCUT2D eigenvalue weighted by atomic mass is 9.86. The van der Waals surface area contributed by atoms with Crippen LogP contribution in [0.25, 0.3) is 0 Å². The number of carbonyl (C=O) groups excluding carboxylic acids is 2. The third-order valence-corrected chi connectivity index (χ3v) is 5.73. The molecule has 0 radical (unpaired) electrons. The van der Waals surface area contributed by atoms with Crippen molar-refractivity contribution in [3.05, 3.63) is 40.1 Å². The molecule has 176 valence electrons. The predicted molar refractivity (Wildman–Crippen MR) is 121 cm³/mol. The summed E-state index contributed by atoms with van der Waals surface area (Å²) in [4.78, 5) is 46.3. The number of fused-ring (bicyclic) bond motifs is 2. The van der Waals surface area contributed by atoms with E-state index in [0.717, 1.165) is 12.8 Å². The SMILES string of the molecule is Cc1cc(Nc2cc(NC(=O)OC(C)(C)C)ncn2)c(=O)n2c1C(=O)NC21CCCCC1O. The van der Waals surface area contributed by atoms with Gasteiger partial charge in [-0.05, 0) is 58.6 Å². The predicted octanol–water partition coefficient (Wildman–Crippen LogP) is 2.37. The van der Waals surface area contributed by atoms with Gasteiger partial charge in [-0.2, -0.15) is 0 Å². The molecule has 1 spiro atoms. The van der Waals surface area contributed by atoms with E-state index in [-0.39, 0.29) is 28.9 Å². The summed E-state index contributed by atoms with van der Waals surface area (Å²) in [7, 11) is 0. The molecule has 33 heavy (non-hydrogen) atoms. The summed E-state index contributed by atoms with van der Waals surface area (Å²) >= 11 is 0. The smallest absolute Gasteiger partial charge is 0.413 e. The number of anilines is 3. The van der Waals surface area contributed by atoms with Crippen LogP contribution in [0.15, 0.2) is 23.3 Å². The van der Waals surface area contributed by atoms with Crippen LogP contribution >= 0.6 is 0 Å². The number of aliphatic hydroxyl groups is 1. The summed E-state index contributed by atoms with van der Waals surface area (Å²) in [6.45, 7) is 6.98. The second kappa shape index (κ2) is 8.14. The van der Waals surface area contributed by atoms with Crippen LogP contribution in [0.3, 0.4) is 0 Å². The van der Waals surface area contributed by atoms with Crippen LogP contribution in [-0.2, 0) is 10.4 Å². The van der Waals surface area contributed by atoms with Crippen molar-refractivity contribution in [3.8, 4) is 0 Å². The number of carbonyl (C=O) groups is 2. The summed E-state index contributed by atoms with van der Waals surface area (Å²) in [6.07, 6.45) is 2.27. The number of aromatic nitrogens is 3. The lowest BCUT2D eigenvalue weighted by molar-refractivity contribution is -0.0138. The van der Waals surface area contributed by atoms with E-state index in [2.05, 4.69) is 25.9 Å². The molecular formula is C22H28N6O5. The van der Waals surface area contributed by atoms with E-state index in [1.165, 1.54) is 17.0 Å². The summed E-state index contributed by atoms with van der Waals surface area (Å²) in [5.41, 5.74) is -1.24. The Labute approximate surface area is 190 Å². The van der Waals surface area contributed by atoms with Gasteiger partial charge in [0.2, 0.25) is 0 Å². The Hall–Kier alpha value is -3.47. The zero-order chi connectivity index (χ0) is 24.0. The van der Waals surface area contributed by atoms with Gasteiger partial charge in [0.25, 0.3) is 11.5 Å². The summed E-state index contributed by atoms with van der Waals surface area (Å²) in [5, 5.41) is 19.1. The summed E-state index contributed by atoms with van der Waals surface area (Å²) in [6, 6.07) is 3.04. The van der Waals surface area contributed by atoms with Gasteiger partial charge in [0.1, 0.15) is 40.6 Å². The van der Waals surface area contributed by atoms with Gasteiger partial charge in [0, 0.05) is 6.07 Å². The largest absolute Gasteiger partial charge is 0.444 e. The molecule has 2 amide bonds. The maximum atomic E-state index is 13.5. The first-order valence-corrected chi connectivity index (χ1v) is 10.9. The van der Waals surface area contributed by atoms with Crippen molar-refractivity contribution in [3.63, 3.8) is 0 Å². The standard InChI is InChI=1S/C22H28N6O5/c1-12-9-13(25-15-10-16(24-11-23-15)26-20(32)33-21(2,3)4)19(31)28-17(12)18(30)27-22(28)8-6-5-7-14(22)29/h9-11,14,29H,5-8H2,1-4H3,(H,27,30)(H2,23,24,25,26,32). The molecule has 3 heterocycles. The summed E-state index contributed by atoms with van der Waals surface area (Å²) in [5.74, 6) is 0.0855. The summed E-state index contributed by atoms with van der Waals surface area (Å²) < 4.78 is 6.61. The number of rotatable bonds is 3. The number of ether oxygens (including phenoxy) is 1. The van der Waals surface area contributed by atoms with Crippen LogP contribution < -0.4 is 21.5 Å². The number of nitrogens with one attached hydrogen (secondary N) is 3. The van der Waals surface area contributed by atoms with Crippen LogP contribution in [0, 0.1) is 6.92 Å². The third kappa shape index (κ3) is 4.28. The molecule has 0 bridgehead atoms. The van der Waals surface area contributed by atoms with Crippen molar-refractivity contribution < 1.29 is 19.4 Å². The maximum absolute atomic E-state index is 13.5. The van der Waals surface area contributed by atoms with Crippen molar-refractivity contribution in [1.29, 1.82) is 0 Å². The monoisotopic (exact) mass is 456 g/mol. The van der Waals surface area contributed by atoms with Gasteiger partial charge in [0.05, 0.1) is 6.10 Å². The second-order valence-electron chi connectivity index (χ2n) is 9.41. The average molecular weight is 457 g/mol. The van der Waals surface area contributed by atoms with Gasteiger partial charge in [-0.25, -0.2) is 14.8 Å². The van der Waals surface area contributed by atoms with Crippen molar-refractivity contribution >= 4 is 29.3 Å². The highest BCUT2D eigenvalue weighted by atomic mass is 16.6. The molecule has 2 aromatic heterocycles. The van der Waals surface area contributed by atoms with E-state index in [1.54, 1.807) is 33.8 Å². The Morgan fingerprint density at radius 2 is 1.97 bits per heavy atom. The highest BCUT2D eigenvalue weighted by Crippen LogP contribution is 2.37. The molecule has 4 N–H and O–H groups in total.